The molecule has 2 rings (SSSR count). The number of amides is 2. The quantitative estimate of drug-likeness (QED) is 0.849. The fraction of sp³-hybridized carbons (Fsp3) is 0.529. The highest BCUT2D eigenvalue weighted by Gasteiger charge is 2.32. The Labute approximate surface area is 132 Å². The molecule has 120 valence electrons. The summed E-state index contributed by atoms with van der Waals surface area (Å²) in [5, 5.41) is 2.94. The molecular weight excluding hydrogens is 278 g/mol. The van der Waals surface area contributed by atoms with Crippen molar-refractivity contribution >= 4 is 11.8 Å². The van der Waals surface area contributed by atoms with Gasteiger partial charge in [-0.1, -0.05) is 30.3 Å². The van der Waals surface area contributed by atoms with Crippen LogP contribution in [-0.4, -0.2) is 61.4 Å². The molecule has 0 aromatic heterocycles. The van der Waals surface area contributed by atoms with Gasteiger partial charge in [-0.25, -0.2) is 0 Å². The molecule has 1 N–H and O–H groups in total. The van der Waals surface area contributed by atoms with Crippen molar-refractivity contribution in [3.8, 4) is 0 Å². The molecule has 0 bridgehead atoms. The Morgan fingerprint density at radius 3 is 2.68 bits per heavy atom. The van der Waals surface area contributed by atoms with Crippen molar-refractivity contribution in [2.75, 3.05) is 33.7 Å². The number of likely N-dealkylation sites (N-methyl/N-ethyl adjacent to an activating group) is 1. The van der Waals surface area contributed by atoms with Crippen molar-refractivity contribution in [2.24, 2.45) is 0 Å². The topological polar surface area (TPSA) is 52.7 Å². The lowest BCUT2D eigenvalue weighted by atomic mass is 10.1. The van der Waals surface area contributed by atoms with E-state index in [0.717, 1.165) is 25.8 Å². The number of nitrogens with one attached hydrogen (secondary N) is 1. The van der Waals surface area contributed by atoms with E-state index in [-0.39, 0.29) is 17.9 Å². The van der Waals surface area contributed by atoms with Crippen molar-refractivity contribution < 1.29 is 9.59 Å². The van der Waals surface area contributed by atoms with Crippen LogP contribution in [0.3, 0.4) is 0 Å². The SMILES string of the molecule is CN(C)C(=O)C1CCCN1CC(=O)NCCc1ccccc1. The third-order valence-electron chi connectivity index (χ3n) is 4.01. The largest absolute Gasteiger partial charge is 0.355 e. The summed E-state index contributed by atoms with van der Waals surface area (Å²) in [5.74, 6) is 0.0870. The molecule has 0 radical (unpaired) electrons. The Hall–Kier alpha value is -1.88. The molecule has 5 heteroatoms. The second-order valence-corrected chi connectivity index (χ2v) is 5.95. The third kappa shape index (κ3) is 4.56. The van der Waals surface area contributed by atoms with Crippen molar-refractivity contribution in [2.45, 2.75) is 25.3 Å². The molecular formula is C17H25N3O2. The highest BCUT2D eigenvalue weighted by atomic mass is 16.2. The average Bonchev–Trinajstić information content (AvgIpc) is 2.95. The first kappa shape index (κ1) is 16.5. The number of hydrogen-bond acceptors (Lipinski definition) is 3. The molecule has 1 aliphatic rings. The molecule has 1 aliphatic heterocycles. The minimum absolute atomic E-state index is 0.00520. The molecule has 1 saturated heterocycles. The van der Waals surface area contributed by atoms with Crippen molar-refractivity contribution in [3.05, 3.63) is 35.9 Å². The van der Waals surface area contributed by atoms with Gasteiger partial charge < -0.3 is 10.2 Å². The molecule has 0 spiro atoms. The summed E-state index contributed by atoms with van der Waals surface area (Å²) in [6, 6.07) is 9.95. The Kier molecular flexibility index (Phi) is 5.95. The maximum absolute atomic E-state index is 12.1. The number of nitrogens with zero attached hydrogens (tertiary/aromatic N) is 2. The second-order valence-electron chi connectivity index (χ2n) is 5.95. The number of hydrogen-bond donors (Lipinski definition) is 1. The molecule has 5 nitrogen and oxygen atoms in total. The normalized spacial score (nSPS) is 18.2. The minimum atomic E-state index is -0.144. The van der Waals surface area contributed by atoms with Crippen LogP contribution in [0.5, 0.6) is 0 Å². The van der Waals surface area contributed by atoms with Crippen LogP contribution in [0.25, 0.3) is 0 Å². The Morgan fingerprint density at radius 2 is 2.00 bits per heavy atom. The second kappa shape index (κ2) is 7.94. The highest BCUT2D eigenvalue weighted by Crippen LogP contribution is 2.18. The highest BCUT2D eigenvalue weighted by molar-refractivity contribution is 5.83. The number of rotatable bonds is 6. The van der Waals surface area contributed by atoms with Crippen molar-refractivity contribution in [1.29, 1.82) is 0 Å². The maximum atomic E-state index is 12.1. The lowest BCUT2D eigenvalue weighted by Gasteiger charge is -2.25. The van der Waals surface area contributed by atoms with Crippen LogP contribution < -0.4 is 5.32 Å². The van der Waals surface area contributed by atoms with Gasteiger partial charge in [0, 0.05) is 20.6 Å². The van der Waals surface area contributed by atoms with Crippen LogP contribution in [0.15, 0.2) is 30.3 Å². The van der Waals surface area contributed by atoms with E-state index in [4.69, 9.17) is 0 Å². The van der Waals surface area contributed by atoms with Crippen LogP contribution in [-0.2, 0) is 16.0 Å². The van der Waals surface area contributed by atoms with Gasteiger partial charge in [0.05, 0.1) is 12.6 Å². The van der Waals surface area contributed by atoms with E-state index in [1.165, 1.54) is 5.56 Å². The summed E-state index contributed by atoms with van der Waals surface area (Å²) in [7, 11) is 3.53. The van der Waals surface area contributed by atoms with E-state index >= 15 is 0 Å². The zero-order valence-corrected chi connectivity index (χ0v) is 13.4. The fourth-order valence-electron chi connectivity index (χ4n) is 2.82. The van der Waals surface area contributed by atoms with Gasteiger partial charge in [-0.05, 0) is 31.4 Å². The average molecular weight is 303 g/mol. The summed E-state index contributed by atoms with van der Waals surface area (Å²) < 4.78 is 0. The van der Waals surface area contributed by atoms with Gasteiger partial charge in [0.15, 0.2) is 0 Å². The smallest absolute Gasteiger partial charge is 0.239 e. The fourth-order valence-corrected chi connectivity index (χ4v) is 2.82. The van der Waals surface area contributed by atoms with E-state index in [9.17, 15) is 9.59 Å². The number of carbonyl (C=O) groups is 2. The molecule has 1 atom stereocenters. The van der Waals surface area contributed by atoms with Gasteiger partial charge in [-0.2, -0.15) is 0 Å². The zero-order valence-electron chi connectivity index (χ0n) is 13.4. The van der Waals surface area contributed by atoms with Gasteiger partial charge in [-0.15, -0.1) is 0 Å². The Balaban J connectivity index is 1.75. The number of benzene rings is 1. The van der Waals surface area contributed by atoms with Crippen molar-refractivity contribution in [3.63, 3.8) is 0 Å². The summed E-state index contributed by atoms with van der Waals surface area (Å²) in [6.45, 7) is 1.75. The number of carbonyl (C=O) groups excluding carboxylic acids is 2. The molecule has 1 heterocycles. The van der Waals surface area contributed by atoms with Crippen molar-refractivity contribution in [1.82, 2.24) is 15.1 Å². The molecule has 1 fully saturated rings. The lowest BCUT2D eigenvalue weighted by Crippen LogP contribution is -2.46. The van der Waals surface area contributed by atoms with E-state index in [0.29, 0.717) is 13.1 Å². The lowest BCUT2D eigenvalue weighted by molar-refractivity contribution is -0.134. The predicted molar refractivity (Wildman–Crippen MR) is 86.4 cm³/mol. The van der Waals surface area contributed by atoms with Gasteiger partial charge in [-0.3, -0.25) is 14.5 Å². The molecule has 0 saturated carbocycles. The predicted octanol–water partition coefficient (Wildman–Crippen LogP) is 0.898. The van der Waals surface area contributed by atoms with E-state index < -0.39 is 0 Å². The summed E-state index contributed by atoms with van der Waals surface area (Å²) in [4.78, 5) is 27.7. The Morgan fingerprint density at radius 1 is 1.27 bits per heavy atom. The molecule has 1 unspecified atom stereocenters. The van der Waals surface area contributed by atoms with Gasteiger partial charge in [0.1, 0.15) is 0 Å². The summed E-state index contributed by atoms with van der Waals surface area (Å²) in [6.07, 6.45) is 2.64. The molecule has 1 aromatic carbocycles. The summed E-state index contributed by atoms with van der Waals surface area (Å²) >= 11 is 0. The van der Waals surface area contributed by atoms with Gasteiger partial charge >= 0.3 is 0 Å². The van der Waals surface area contributed by atoms with Gasteiger partial charge in [0.25, 0.3) is 0 Å². The van der Waals surface area contributed by atoms with E-state index in [1.807, 2.05) is 23.1 Å². The standard InChI is InChI=1S/C17H25N3O2/c1-19(2)17(22)15-9-6-12-20(15)13-16(21)18-11-10-14-7-4-3-5-8-14/h3-5,7-8,15H,6,9-13H2,1-2H3,(H,18,21). The summed E-state index contributed by atoms with van der Waals surface area (Å²) in [5.41, 5.74) is 1.21. The zero-order chi connectivity index (χ0) is 15.9. The molecule has 2 amide bonds. The van der Waals surface area contributed by atoms with Crippen LogP contribution in [0.4, 0.5) is 0 Å². The monoisotopic (exact) mass is 303 g/mol. The first-order chi connectivity index (χ1) is 10.6. The molecule has 0 aliphatic carbocycles. The van der Waals surface area contributed by atoms with Crippen LogP contribution in [0.2, 0.25) is 0 Å². The first-order valence-electron chi connectivity index (χ1n) is 7.84. The number of likely N-dealkylation sites (tertiary alicyclic amines) is 1. The molecule has 22 heavy (non-hydrogen) atoms. The van der Waals surface area contributed by atoms with Crippen LogP contribution in [0, 0.1) is 0 Å². The third-order valence-corrected chi connectivity index (χ3v) is 4.01. The van der Waals surface area contributed by atoms with Crippen LogP contribution in [0.1, 0.15) is 18.4 Å². The first-order valence-corrected chi connectivity index (χ1v) is 7.84. The maximum Gasteiger partial charge on any atom is 0.239 e. The van der Waals surface area contributed by atoms with E-state index in [2.05, 4.69) is 17.4 Å². The van der Waals surface area contributed by atoms with E-state index in [1.54, 1.807) is 19.0 Å². The minimum Gasteiger partial charge on any atom is -0.355 e. The van der Waals surface area contributed by atoms with Gasteiger partial charge in [0.2, 0.25) is 11.8 Å². The molecule has 1 aromatic rings. The van der Waals surface area contributed by atoms with Crippen LogP contribution >= 0.6 is 0 Å². The Bertz CT molecular complexity index is 502.